The van der Waals surface area contributed by atoms with Crippen molar-refractivity contribution in [3.05, 3.63) is 38.0 Å². The van der Waals surface area contributed by atoms with E-state index < -0.39 is 0 Å². The second-order valence-electron chi connectivity index (χ2n) is 2.44. The summed E-state index contributed by atoms with van der Waals surface area (Å²) in [6.45, 7) is 11.8. The van der Waals surface area contributed by atoms with Crippen molar-refractivity contribution >= 4 is 25.6 Å². The van der Waals surface area contributed by atoms with Crippen molar-refractivity contribution in [2.45, 2.75) is 19.0 Å². The molecule has 0 aromatic rings. The molecular weight excluding hydrogens is 126 g/mol. The Morgan fingerprint density at radius 2 is 1.09 bits per heavy atom. The van der Waals surface area contributed by atoms with E-state index in [1.54, 1.807) is 0 Å². The Kier molecular flexibility index (Phi) is 12.1. The van der Waals surface area contributed by atoms with Gasteiger partial charge in [-0.2, -0.15) is 0 Å². The molecule has 0 aromatic heterocycles. The van der Waals surface area contributed by atoms with Gasteiger partial charge in [-0.15, -0.1) is 19.7 Å². The molecular formula is C9H16BLi. The maximum absolute atomic E-state index is 3.70. The molecule has 2 heteroatoms. The Morgan fingerprint density at radius 1 is 0.818 bits per heavy atom. The molecule has 0 aliphatic heterocycles. The fraction of sp³-hybridized carbons (Fsp3) is 0.333. The summed E-state index contributed by atoms with van der Waals surface area (Å²) < 4.78 is 0. The maximum atomic E-state index is 3.70. The van der Waals surface area contributed by atoms with Gasteiger partial charge in [0, 0.05) is 0 Å². The molecule has 0 bridgehead atoms. The van der Waals surface area contributed by atoms with Gasteiger partial charge in [-0.25, -0.2) is 0 Å². The number of rotatable bonds is 6. The first kappa shape index (κ1) is 13.5. The first-order valence-corrected chi connectivity index (χ1v) is 3.67. The van der Waals surface area contributed by atoms with Crippen LogP contribution in [0.25, 0.3) is 0 Å². The van der Waals surface area contributed by atoms with Gasteiger partial charge in [0.15, 0.2) is 6.71 Å². The van der Waals surface area contributed by atoms with Crippen LogP contribution in [-0.2, 0) is 0 Å². The van der Waals surface area contributed by atoms with Crippen molar-refractivity contribution in [3.8, 4) is 0 Å². The van der Waals surface area contributed by atoms with Crippen molar-refractivity contribution in [1.82, 2.24) is 0 Å². The van der Waals surface area contributed by atoms with Crippen molar-refractivity contribution < 1.29 is 0 Å². The molecule has 0 rings (SSSR count). The molecule has 0 saturated heterocycles. The van der Waals surface area contributed by atoms with Gasteiger partial charge in [-0.1, -0.05) is 37.2 Å². The standard InChI is InChI=1S/C9H15B.Li.H/c1-4-7-10(8-5-2)9-6-3;;/h4-6H,1-3,7-9H2;;. The fourth-order valence-corrected chi connectivity index (χ4v) is 0.996. The molecule has 0 amide bonds. The third-order valence-corrected chi connectivity index (χ3v) is 1.50. The molecule has 0 saturated carbocycles. The van der Waals surface area contributed by atoms with E-state index in [1.807, 2.05) is 18.2 Å². The fourth-order valence-electron chi connectivity index (χ4n) is 0.996. The zero-order valence-electron chi connectivity index (χ0n) is 6.55. The van der Waals surface area contributed by atoms with Crippen LogP contribution in [-0.4, -0.2) is 25.6 Å². The van der Waals surface area contributed by atoms with Gasteiger partial charge in [0.1, 0.15) is 0 Å². The second-order valence-corrected chi connectivity index (χ2v) is 2.44. The topological polar surface area (TPSA) is 0 Å². The van der Waals surface area contributed by atoms with Crippen molar-refractivity contribution in [2.24, 2.45) is 0 Å². The van der Waals surface area contributed by atoms with Gasteiger partial charge >= 0.3 is 18.9 Å². The van der Waals surface area contributed by atoms with Crippen LogP contribution in [0, 0.1) is 0 Å². The molecule has 0 radical (unpaired) electrons. The van der Waals surface area contributed by atoms with Crippen molar-refractivity contribution in [2.75, 3.05) is 0 Å². The molecule has 0 atom stereocenters. The summed E-state index contributed by atoms with van der Waals surface area (Å²) in [7, 11) is 0. The van der Waals surface area contributed by atoms with Crippen LogP contribution in [0.3, 0.4) is 0 Å². The SMILES string of the molecule is C=CCB(CC=C)CC=C.[LiH]. The minimum absolute atomic E-state index is 0. The monoisotopic (exact) mass is 142 g/mol. The summed E-state index contributed by atoms with van der Waals surface area (Å²) in [5.41, 5.74) is 0. The van der Waals surface area contributed by atoms with E-state index in [-0.39, 0.29) is 18.9 Å². The summed E-state index contributed by atoms with van der Waals surface area (Å²) in [6.07, 6.45) is 9.07. The van der Waals surface area contributed by atoms with E-state index in [0.29, 0.717) is 6.71 Å². The predicted octanol–water partition coefficient (Wildman–Crippen LogP) is 2.39. The Morgan fingerprint density at radius 3 is 1.27 bits per heavy atom. The van der Waals surface area contributed by atoms with Gasteiger partial charge in [0.25, 0.3) is 0 Å². The van der Waals surface area contributed by atoms with E-state index in [1.165, 1.54) is 0 Å². The zero-order chi connectivity index (χ0) is 7.82. The van der Waals surface area contributed by atoms with Crippen LogP contribution in [0.2, 0.25) is 19.0 Å². The Bertz CT molecular complexity index is 97.0. The van der Waals surface area contributed by atoms with E-state index in [0.717, 1.165) is 19.0 Å². The van der Waals surface area contributed by atoms with Crippen LogP contribution in [0.4, 0.5) is 0 Å². The quantitative estimate of drug-likeness (QED) is 0.394. The van der Waals surface area contributed by atoms with Crippen molar-refractivity contribution in [3.63, 3.8) is 0 Å². The van der Waals surface area contributed by atoms with Gasteiger partial charge in [0.2, 0.25) is 0 Å². The molecule has 0 unspecified atom stereocenters. The first-order valence-electron chi connectivity index (χ1n) is 3.67. The van der Waals surface area contributed by atoms with Crippen LogP contribution < -0.4 is 0 Å². The van der Waals surface area contributed by atoms with Gasteiger partial charge in [-0.05, 0) is 0 Å². The van der Waals surface area contributed by atoms with Gasteiger partial charge in [-0.3, -0.25) is 0 Å². The van der Waals surface area contributed by atoms with Crippen molar-refractivity contribution in [1.29, 1.82) is 0 Å². The van der Waals surface area contributed by atoms with Gasteiger partial charge < -0.3 is 0 Å². The first-order chi connectivity index (χ1) is 4.85. The normalized spacial score (nSPS) is 7.64. The summed E-state index contributed by atoms with van der Waals surface area (Å²) in [5.74, 6) is 0. The van der Waals surface area contributed by atoms with Crippen LogP contribution in [0.15, 0.2) is 38.0 Å². The summed E-state index contributed by atoms with van der Waals surface area (Å²) in [6, 6.07) is 0. The molecule has 56 valence electrons. The molecule has 0 spiro atoms. The molecule has 0 aliphatic rings. The number of allylic oxidation sites excluding steroid dienone is 3. The molecule has 0 heterocycles. The molecule has 0 N–H and O–H groups in total. The minimum atomic E-state index is 0. The van der Waals surface area contributed by atoms with E-state index in [2.05, 4.69) is 19.7 Å². The molecule has 0 aliphatic carbocycles. The van der Waals surface area contributed by atoms with E-state index >= 15 is 0 Å². The molecule has 11 heavy (non-hydrogen) atoms. The second kappa shape index (κ2) is 9.88. The molecule has 0 nitrogen and oxygen atoms in total. The average Bonchev–Trinajstić information content (AvgIpc) is 1.90. The Hall–Kier alpha value is -0.118. The van der Waals surface area contributed by atoms with E-state index in [4.69, 9.17) is 0 Å². The summed E-state index contributed by atoms with van der Waals surface area (Å²) in [4.78, 5) is 0. The Balaban J connectivity index is 0. The third-order valence-electron chi connectivity index (χ3n) is 1.50. The van der Waals surface area contributed by atoms with E-state index in [9.17, 15) is 0 Å². The predicted molar refractivity (Wildman–Crippen MR) is 57.9 cm³/mol. The zero-order valence-corrected chi connectivity index (χ0v) is 6.55. The molecule has 0 aromatic carbocycles. The van der Waals surface area contributed by atoms with Crippen LogP contribution in [0.5, 0.6) is 0 Å². The summed E-state index contributed by atoms with van der Waals surface area (Å²) in [5, 5.41) is 0. The van der Waals surface area contributed by atoms with Crippen LogP contribution >= 0.6 is 0 Å². The number of hydrogen-bond acceptors (Lipinski definition) is 0. The average molecular weight is 142 g/mol. The molecule has 0 fully saturated rings. The summed E-state index contributed by atoms with van der Waals surface area (Å²) >= 11 is 0. The number of hydrogen-bond donors (Lipinski definition) is 0. The van der Waals surface area contributed by atoms with Crippen LogP contribution in [0.1, 0.15) is 0 Å². The van der Waals surface area contributed by atoms with Gasteiger partial charge in [0.05, 0.1) is 0 Å². The Labute approximate surface area is 82.7 Å². The third kappa shape index (κ3) is 7.78.